The number of carbonyl (C=O) groups is 1. The second kappa shape index (κ2) is 5.64. The lowest BCUT2D eigenvalue weighted by Crippen LogP contribution is -2.38. The van der Waals surface area contributed by atoms with Gasteiger partial charge < -0.3 is 14.2 Å². The summed E-state index contributed by atoms with van der Waals surface area (Å²) in [6.45, 7) is 4.52. The highest BCUT2D eigenvalue weighted by Crippen LogP contribution is 2.38. The van der Waals surface area contributed by atoms with Crippen LogP contribution in [-0.4, -0.2) is 40.7 Å². The molecule has 2 unspecified atom stereocenters. The standard InChI is InChI=1S/C16H22N2O3/c1-2-13-9-16(21-11-13)6-8-18(12-16)15(20)10-17-7-4-3-5-14(17)19/h3-5,7,13H,2,6,8-12H2,1H3. The first-order valence-corrected chi connectivity index (χ1v) is 7.69. The van der Waals surface area contributed by atoms with Gasteiger partial charge in [0.25, 0.3) is 5.56 Å². The number of ether oxygens (including phenoxy) is 1. The number of rotatable bonds is 3. The fourth-order valence-corrected chi connectivity index (χ4v) is 3.38. The van der Waals surface area contributed by atoms with E-state index in [1.807, 2.05) is 4.90 Å². The lowest BCUT2D eigenvalue weighted by atomic mass is 9.92. The Hall–Kier alpha value is -1.62. The summed E-state index contributed by atoms with van der Waals surface area (Å²) in [4.78, 5) is 25.9. The van der Waals surface area contributed by atoms with E-state index in [1.165, 1.54) is 10.6 Å². The van der Waals surface area contributed by atoms with Crippen LogP contribution in [0.3, 0.4) is 0 Å². The molecule has 2 saturated heterocycles. The summed E-state index contributed by atoms with van der Waals surface area (Å²) in [5.74, 6) is 0.625. The number of hydrogen-bond acceptors (Lipinski definition) is 3. The summed E-state index contributed by atoms with van der Waals surface area (Å²) >= 11 is 0. The van der Waals surface area contributed by atoms with Crippen molar-refractivity contribution in [2.45, 2.75) is 38.3 Å². The Morgan fingerprint density at radius 1 is 1.48 bits per heavy atom. The second-order valence-corrected chi connectivity index (χ2v) is 6.20. The van der Waals surface area contributed by atoms with Gasteiger partial charge in [-0.15, -0.1) is 0 Å². The van der Waals surface area contributed by atoms with Crippen molar-refractivity contribution in [3.8, 4) is 0 Å². The van der Waals surface area contributed by atoms with Crippen molar-refractivity contribution in [1.29, 1.82) is 0 Å². The molecular weight excluding hydrogens is 268 g/mol. The Kier molecular flexibility index (Phi) is 3.85. The molecule has 0 radical (unpaired) electrons. The van der Waals surface area contributed by atoms with E-state index in [0.717, 1.165) is 32.4 Å². The Labute approximate surface area is 124 Å². The molecule has 2 fully saturated rings. The maximum atomic E-state index is 12.4. The number of pyridine rings is 1. The maximum Gasteiger partial charge on any atom is 0.250 e. The Morgan fingerprint density at radius 3 is 3.05 bits per heavy atom. The molecule has 2 atom stereocenters. The monoisotopic (exact) mass is 290 g/mol. The molecule has 3 rings (SSSR count). The predicted octanol–water partition coefficient (Wildman–Crippen LogP) is 1.27. The van der Waals surface area contributed by atoms with Crippen molar-refractivity contribution in [3.63, 3.8) is 0 Å². The summed E-state index contributed by atoms with van der Waals surface area (Å²) in [5, 5.41) is 0. The van der Waals surface area contributed by atoms with Crippen LogP contribution in [0.1, 0.15) is 26.2 Å². The zero-order valence-electron chi connectivity index (χ0n) is 12.5. The number of nitrogens with zero attached hydrogens (tertiary/aromatic N) is 2. The number of aromatic nitrogens is 1. The minimum Gasteiger partial charge on any atom is -0.373 e. The van der Waals surface area contributed by atoms with Crippen LogP contribution in [0.5, 0.6) is 0 Å². The molecule has 2 aliphatic rings. The van der Waals surface area contributed by atoms with Crippen LogP contribution in [0.4, 0.5) is 0 Å². The van der Waals surface area contributed by atoms with Crippen LogP contribution in [0.25, 0.3) is 0 Å². The summed E-state index contributed by atoms with van der Waals surface area (Å²) in [6.07, 6.45) is 4.76. The summed E-state index contributed by atoms with van der Waals surface area (Å²) in [7, 11) is 0. The van der Waals surface area contributed by atoms with Gasteiger partial charge in [0.1, 0.15) is 6.54 Å². The lowest BCUT2D eigenvalue weighted by molar-refractivity contribution is -0.132. The zero-order chi connectivity index (χ0) is 14.9. The highest BCUT2D eigenvalue weighted by atomic mass is 16.5. The molecule has 114 valence electrons. The second-order valence-electron chi connectivity index (χ2n) is 6.20. The Bertz CT molecular complexity index is 583. The largest absolute Gasteiger partial charge is 0.373 e. The highest BCUT2D eigenvalue weighted by molar-refractivity contribution is 5.76. The number of likely N-dealkylation sites (tertiary alicyclic amines) is 1. The number of amides is 1. The fourth-order valence-electron chi connectivity index (χ4n) is 3.38. The first-order valence-electron chi connectivity index (χ1n) is 7.69. The normalized spacial score (nSPS) is 28.4. The molecule has 21 heavy (non-hydrogen) atoms. The van der Waals surface area contributed by atoms with Crippen LogP contribution in [0.15, 0.2) is 29.2 Å². The number of hydrogen-bond donors (Lipinski definition) is 0. The summed E-state index contributed by atoms with van der Waals surface area (Å²) in [6, 6.07) is 4.93. The van der Waals surface area contributed by atoms with Crippen molar-refractivity contribution in [2.24, 2.45) is 5.92 Å². The van der Waals surface area contributed by atoms with Crippen LogP contribution in [0, 0.1) is 5.92 Å². The van der Waals surface area contributed by atoms with Gasteiger partial charge in [-0.2, -0.15) is 0 Å². The first-order chi connectivity index (χ1) is 10.1. The quantitative estimate of drug-likeness (QED) is 0.842. The van der Waals surface area contributed by atoms with Crippen molar-refractivity contribution < 1.29 is 9.53 Å². The van der Waals surface area contributed by atoms with E-state index in [-0.39, 0.29) is 23.6 Å². The molecule has 0 aliphatic carbocycles. The van der Waals surface area contributed by atoms with E-state index >= 15 is 0 Å². The van der Waals surface area contributed by atoms with E-state index in [9.17, 15) is 9.59 Å². The molecule has 5 heteroatoms. The van der Waals surface area contributed by atoms with E-state index in [2.05, 4.69) is 6.92 Å². The molecule has 1 spiro atoms. The molecule has 2 aliphatic heterocycles. The van der Waals surface area contributed by atoms with E-state index < -0.39 is 0 Å². The average Bonchev–Trinajstić information content (AvgIpc) is 3.09. The van der Waals surface area contributed by atoms with E-state index in [4.69, 9.17) is 4.74 Å². The molecule has 0 N–H and O–H groups in total. The van der Waals surface area contributed by atoms with Gasteiger partial charge in [-0.25, -0.2) is 0 Å². The van der Waals surface area contributed by atoms with Crippen LogP contribution in [0.2, 0.25) is 0 Å². The molecule has 0 saturated carbocycles. The minimum atomic E-state index is -0.136. The van der Waals surface area contributed by atoms with Gasteiger partial charge in [-0.05, 0) is 24.8 Å². The molecule has 0 aromatic carbocycles. The molecule has 5 nitrogen and oxygen atoms in total. The smallest absolute Gasteiger partial charge is 0.250 e. The van der Waals surface area contributed by atoms with Crippen molar-refractivity contribution in [2.75, 3.05) is 19.7 Å². The Balaban J connectivity index is 1.63. The topological polar surface area (TPSA) is 51.5 Å². The van der Waals surface area contributed by atoms with Gasteiger partial charge in [0.05, 0.1) is 12.2 Å². The third-order valence-corrected chi connectivity index (χ3v) is 4.74. The maximum absolute atomic E-state index is 12.4. The van der Waals surface area contributed by atoms with E-state index in [0.29, 0.717) is 12.5 Å². The summed E-state index contributed by atoms with van der Waals surface area (Å²) in [5.41, 5.74) is -0.263. The van der Waals surface area contributed by atoms with Crippen molar-refractivity contribution in [3.05, 3.63) is 34.7 Å². The third-order valence-electron chi connectivity index (χ3n) is 4.74. The van der Waals surface area contributed by atoms with Gasteiger partial charge in [-0.3, -0.25) is 9.59 Å². The molecule has 1 amide bonds. The molecule has 3 heterocycles. The third kappa shape index (κ3) is 2.88. The molecule has 1 aromatic rings. The SMILES string of the molecule is CCC1COC2(CCN(C(=O)Cn3ccccc3=O)C2)C1. The minimum absolute atomic E-state index is 0.00345. The average molecular weight is 290 g/mol. The van der Waals surface area contributed by atoms with E-state index in [1.54, 1.807) is 18.3 Å². The zero-order valence-corrected chi connectivity index (χ0v) is 12.5. The molecule has 1 aromatic heterocycles. The first kappa shape index (κ1) is 14.3. The van der Waals surface area contributed by atoms with Crippen LogP contribution < -0.4 is 5.56 Å². The molecule has 0 bridgehead atoms. The van der Waals surface area contributed by atoms with Crippen LogP contribution >= 0.6 is 0 Å². The lowest BCUT2D eigenvalue weighted by Gasteiger charge is -2.23. The van der Waals surface area contributed by atoms with Gasteiger partial charge in [0.2, 0.25) is 5.91 Å². The van der Waals surface area contributed by atoms with Gasteiger partial charge in [0, 0.05) is 25.4 Å². The molecular formula is C16H22N2O3. The van der Waals surface area contributed by atoms with Crippen molar-refractivity contribution >= 4 is 5.91 Å². The van der Waals surface area contributed by atoms with Crippen molar-refractivity contribution in [1.82, 2.24) is 9.47 Å². The Morgan fingerprint density at radius 2 is 2.33 bits per heavy atom. The van der Waals surface area contributed by atoms with Gasteiger partial charge >= 0.3 is 0 Å². The van der Waals surface area contributed by atoms with Crippen LogP contribution in [-0.2, 0) is 16.1 Å². The van der Waals surface area contributed by atoms with Gasteiger partial charge in [-0.1, -0.05) is 19.4 Å². The number of carbonyl (C=O) groups excluding carboxylic acids is 1. The summed E-state index contributed by atoms with van der Waals surface area (Å²) < 4.78 is 7.45. The highest BCUT2D eigenvalue weighted by Gasteiger charge is 2.46. The van der Waals surface area contributed by atoms with Gasteiger partial charge in [0.15, 0.2) is 0 Å². The predicted molar refractivity (Wildman–Crippen MR) is 79.0 cm³/mol. The fraction of sp³-hybridized carbons (Fsp3) is 0.625.